The van der Waals surface area contributed by atoms with E-state index in [2.05, 4.69) is 18.4 Å². The van der Waals surface area contributed by atoms with E-state index in [-0.39, 0.29) is 6.04 Å². The average Bonchev–Trinajstić information content (AvgIpc) is 2.71. The van der Waals surface area contributed by atoms with Gasteiger partial charge in [0.05, 0.1) is 12.6 Å². The van der Waals surface area contributed by atoms with Gasteiger partial charge in [-0.15, -0.1) is 0 Å². The van der Waals surface area contributed by atoms with Gasteiger partial charge in [-0.05, 0) is 12.5 Å². The normalized spacial score (nSPS) is 17.7. The van der Waals surface area contributed by atoms with E-state index in [1.165, 1.54) is 25.7 Å². The van der Waals surface area contributed by atoms with Crippen molar-refractivity contribution in [3.05, 3.63) is 11.8 Å². The van der Waals surface area contributed by atoms with Gasteiger partial charge in [0.15, 0.2) is 0 Å². The first-order valence-electron chi connectivity index (χ1n) is 5.67. The second-order valence-electron chi connectivity index (χ2n) is 3.81. The van der Waals surface area contributed by atoms with E-state index in [0.717, 1.165) is 25.2 Å². The second kappa shape index (κ2) is 6.85. The molecular weight excluding hydrogens is 176 g/mol. The van der Waals surface area contributed by atoms with Crippen LogP contribution < -0.4 is 11.3 Å². The van der Waals surface area contributed by atoms with Gasteiger partial charge in [-0.2, -0.15) is 0 Å². The summed E-state index contributed by atoms with van der Waals surface area (Å²) in [4.78, 5) is 0. The number of nitrogens with one attached hydrogen (secondary N) is 1. The van der Waals surface area contributed by atoms with Crippen molar-refractivity contribution in [1.29, 1.82) is 0 Å². The molecule has 0 aromatic rings. The highest BCUT2D eigenvalue weighted by atomic mass is 16.5. The van der Waals surface area contributed by atoms with E-state index >= 15 is 0 Å². The Morgan fingerprint density at radius 1 is 1.50 bits per heavy atom. The predicted molar refractivity (Wildman–Crippen MR) is 58.5 cm³/mol. The van der Waals surface area contributed by atoms with Gasteiger partial charge in [-0.25, -0.2) is 5.43 Å². The van der Waals surface area contributed by atoms with Crippen LogP contribution in [0.3, 0.4) is 0 Å². The summed E-state index contributed by atoms with van der Waals surface area (Å²) in [5.41, 5.74) is 2.83. The topological polar surface area (TPSA) is 47.3 Å². The molecule has 0 aromatic heterocycles. The van der Waals surface area contributed by atoms with Crippen LogP contribution in [0.4, 0.5) is 0 Å². The van der Waals surface area contributed by atoms with Crippen molar-refractivity contribution in [2.24, 2.45) is 5.84 Å². The molecule has 0 aromatic carbocycles. The first-order valence-corrected chi connectivity index (χ1v) is 5.67. The van der Waals surface area contributed by atoms with E-state index in [1.54, 1.807) is 0 Å². The van der Waals surface area contributed by atoms with Gasteiger partial charge in [-0.3, -0.25) is 5.84 Å². The maximum Gasteiger partial charge on any atom is 0.110 e. The smallest absolute Gasteiger partial charge is 0.110 e. The van der Waals surface area contributed by atoms with Gasteiger partial charge in [0.25, 0.3) is 0 Å². The van der Waals surface area contributed by atoms with E-state index in [4.69, 9.17) is 10.6 Å². The largest absolute Gasteiger partial charge is 0.496 e. The van der Waals surface area contributed by atoms with Gasteiger partial charge >= 0.3 is 0 Å². The summed E-state index contributed by atoms with van der Waals surface area (Å²) < 4.78 is 5.48. The van der Waals surface area contributed by atoms with Crippen molar-refractivity contribution in [1.82, 2.24) is 5.43 Å². The zero-order valence-electron chi connectivity index (χ0n) is 9.09. The lowest BCUT2D eigenvalue weighted by molar-refractivity contribution is 0.210. The van der Waals surface area contributed by atoms with Crippen LogP contribution >= 0.6 is 0 Å². The Bertz CT molecular complexity index is 180. The molecule has 0 saturated heterocycles. The predicted octanol–water partition coefficient (Wildman–Crippen LogP) is 2.09. The summed E-state index contributed by atoms with van der Waals surface area (Å²) in [6.07, 6.45) is 9.37. The highest BCUT2D eigenvalue weighted by molar-refractivity contribution is 5.06. The molecule has 0 fully saturated rings. The molecule has 1 aliphatic heterocycles. The van der Waals surface area contributed by atoms with E-state index in [1.807, 2.05) is 0 Å². The molecule has 3 N–H and O–H groups in total. The Balaban J connectivity index is 2.18. The lowest BCUT2D eigenvalue weighted by Gasteiger charge is -2.16. The van der Waals surface area contributed by atoms with Gasteiger partial charge in [0, 0.05) is 6.42 Å². The molecule has 1 aliphatic rings. The van der Waals surface area contributed by atoms with Crippen molar-refractivity contribution in [2.45, 2.75) is 51.5 Å². The fourth-order valence-electron chi connectivity index (χ4n) is 1.76. The average molecular weight is 198 g/mol. The number of hydrazine groups is 1. The van der Waals surface area contributed by atoms with Gasteiger partial charge < -0.3 is 4.74 Å². The Hall–Kier alpha value is -0.540. The Morgan fingerprint density at radius 2 is 2.36 bits per heavy atom. The molecule has 82 valence electrons. The highest BCUT2D eigenvalue weighted by Gasteiger charge is 2.16. The van der Waals surface area contributed by atoms with Crippen molar-refractivity contribution in [2.75, 3.05) is 6.61 Å². The molecule has 0 saturated carbocycles. The molecule has 1 rings (SSSR count). The molecule has 3 heteroatoms. The van der Waals surface area contributed by atoms with Crippen LogP contribution in [0, 0.1) is 0 Å². The zero-order chi connectivity index (χ0) is 10.2. The number of rotatable bonds is 7. The SMILES string of the molecule is CCCCCCC(NN)C1=CCCO1. The van der Waals surface area contributed by atoms with Gasteiger partial charge in [0.1, 0.15) is 5.76 Å². The zero-order valence-corrected chi connectivity index (χ0v) is 9.09. The number of hydrogen-bond donors (Lipinski definition) is 2. The molecule has 0 aliphatic carbocycles. The van der Waals surface area contributed by atoms with Crippen LogP contribution in [-0.2, 0) is 4.74 Å². The van der Waals surface area contributed by atoms with Crippen LogP contribution in [0.2, 0.25) is 0 Å². The van der Waals surface area contributed by atoms with E-state index in [9.17, 15) is 0 Å². The molecule has 0 radical (unpaired) electrons. The second-order valence-corrected chi connectivity index (χ2v) is 3.81. The van der Waals surface area contributed by atoms with Crippen LogP contribution in [0.5, 0.6) is 0 Å². The summed E-state index contributed by atoms with van der Waals surface area (Å²) in [6.45, 7) is 3.05. The number of hydrogen-bond acceptors (Lipinski definition) is 3. The minimum Gasteiger partial charge on any atom is -0.496 e. The van der Waals surface area contributed by atoms with Crippen LogP contribution in [0.15, 0.2) is 11.8 Å². The minimum atomic E-state index is 0.231. The Kier molecular flexibility index (Phi) is 5.64. The lowest BCUT2D eigenvalue weighted by Crippen LogP contribution is -2.36. The third-order valence-electron chi connectivity index (χ3n) is 2.62. The Morgan fingerprint density at radius 3 is 2.93 bits per heavy atom. The first-order chi connectivity index (χ1) is 6.88. The maximum atomic E-state index is 5.50. The third kappa shape index (κ3) is 3.68. The fraction of sp³-hybridized carbons (Fsp3) is 0.818. The van der Waals surface area contributed by atoms with Crippen molar-refractivity contribution < 1.29 is 4.74 Å². The van der Waals surface area contributed by atoms with Gasteiger partial charge in [-0.1, -0.05) is 32.6 Å². The molecule has 1 heterocycles. The minimum absolute atomic E-state index is 0.231. The van der Waals surface area contributed by atoms with Gasteiger partial charge in [0.2, 0.25) is 0 Å². The number of unbranched alkanes of at least 4 members (excludes halogenated alkanes) is 3. The maximum absolute atomic E-state index is 5.50. The van der Waals surface area contributed by atoms with Crippen molar-refractivity contribution in [3.63, 3.8) is 0 Å². The summed E-state index contributed by atoms with van der Waals surface area (Å²) in [5.74, 6) is 6.54. The first kappa shape index (κ1) is 11.5. The quantitative estimate of drug-likeness (QED) is 0.374. The number of nitrogens with two attached hydrogens (primary N) is 1. The van der Waals surface area contributed by atoms with E-state index in [0.29, 0.717) is 0 Å². The van der Waals surface area contributed by atoms with Crippen molar-refractivity contribution >= 4 is 0 Å². The van der Waals surface area contributed by atoms with Crippen LogP contribution in [0.25, 0.3) is 0 Å². The highest BCUT2D eigenvalue weighted by Crippen LogP contribution is 2.17. The third-order valence-corrected chi connectivity index (χ3v) is 2.62. The summed E-state index contributed by atoms with van der Waals surface area (Å²) in [7, 11) is 0. The molecular formula is C11H22N2O. The monoisotopic (exact) mass is 198 g/mol. The summed E-state index contributed by atoms with van der Waals surface area (Å²) in [5, 5.41) is 0. The molecule has 0 amide bonds. The lowest BCUT2D eigenvalue weighted by atomic mass is 10.1. The molecule has 0 spiro atoms. The van der Waals surface area contributed by atoms with Crippen LogP contribution in [0.1, 0.15) is 45.4 Å². The molecule has 14 heavy (non-hydrogen) atoms. The molecule has 0 bridgehead atoms. The Labute approximate surface area is 86.7 Å². The number of ether oxygens (including phenoxy) is 1. The summed E-state index contributed by atoms with van der Waals surface area (Å²) in [6, 6.07) is 0.231. The van der Waals surface area contributed by atoms with Crippen LogP contribution in [-0.4, -0.2) is 12.6 Å². The van der Waals surface area contributed by atoms with E-state index < -0.39 is 0 Å². The molecule has 1 unspecified atom stereocenters. The molecule has 3 nitrogen and oxygen atoms in total. The standard InChI is InChI=1S/C11H22N2O/c1-2-3-4-5-7-10(13-12)11-8-6-9-14-11/h8,10,13H,2-7,9,12H2,1H3. The van der Waals surface area contributed by atoms with Crippen molar-refractivity contribution in [3.8, 4) is 0 Å². The fourth-order valence-corrected chi connectivity index (χ4v) is 1.76. The molecule has 1 atom stereocenters. The summed E-state index contributed by atoms with van der Waals surface area (Å²) >= 11 is 0.